The quantitative estimate of drug-likeness (QED) is 0.661. The summed E-state index contributed by atoms with van der Waals surface area (Å²) in [6.07, 6.45) is 0.0141. The number of amides is 2. The third-order valence-electron chi connectivity index (χ3n) is 2.96. The maximum absolute atomic E-state index is 11.8. The Labute approximate surface area is 136 Å². The van der Waals surface area contributed by atoms with Crippen LogP contribution in [0.4, 0.5) is 5.69 Å². The molecule has 0 heterocycles. The van der Waals surface area contributed by atoms with Gasteiger partial charge in [0.2, 0.25) is 5.91 Å². The largest absolute Gasteiger partial charge is 0.273 e. The number of nitrogens with one attached hydrogen (secondary N) is 2. The molecule has 0 aliphatic rings. The van der Waals surface area contributed by atoms with Crippen LogP contribution in [-0.4, -0.2) is 16.7 Å². The number of non-ortho nitro benzene ring substituents is 1. The third-order valence-corrected chi connectivity index (χ3v) is 3.33. The van der Waals surface area contributed by atoms with Gasteiger partial charge in [-0.25, -0.2) is 0 Å². The predicted octanol–water partition coefficient (Wildman–Crippen LogP) is 2.25. The number of nitrogens with zero attached hydrogens (tertiary/aromatic N) is 1. The lowest BCUT2D eigenvalue weighted by atomic mass is 10.1. The van der Waals surface area contributed by atoms with Gasteiger partial charge in [0.25, 0.3) is 11.6 Å². The van der Waals surface area contributed by atoms with Crippen LogP contribution in [0.5, 0.6) is 0 Å². The molecule has 0 bridgehead atoms. The molecule has 0 aliphatic heterocycles. The second-order valence-corrected chi connectivity index (χ2v) is 4.98. The monoisotopic (exact) mass is 333 g/mol. The topological polar surface area (TPSA) is 101 Å². The molecule has 0 saturated carbocycles. The summed E-state index contributed by atoms with van der Waals surface area (Å²) in [7, 11) is 0. The van der Waals surface area contributed by atoms with Crippen LogP contribution in [0.25, 0.3) is 0 Å². The number of hydrazine groups is 1. The molecule has 118 valence electrons. The lowest BCUT2D eigenvalue weighted by Crippen LogP contribution is -2.42. The molecule has 2 N–H and O–H groups in total. The van der Waals surface area contributed by atoms with E-state index in [1.54, 1.807) is 24.3 Å². The van der Waals surface area contributed by atoms with Gasteiger partial charge in [-0.2, -0.15) is 0 Å². The van der Waals surface area contributed by atoms with E-state index in [1.165, 1.54) is 24.3 Å². The van der Waals surface area contributed by atoms with E-state index in [2.05, 4.69) is 10.9 Å². The number of hydrogen-bond donors (Lipinski definition) is 2. The summed E-state index contributed by atoms with van der Waals surface area (Å²) in [4.78, 5) is 33.6. The van der Waals surface area contributed by atoms with Crippen molar-refractivity contribution >= 4 is 29.1 Å². The molecule has 0 fully saturated rings. The van der Waals surface area contributed by atoms with E-state index in [1.807, 2.05) is 0 Å². The first-order valence-electron chi connectivity index (χ1n) is 6.54. The van der Waals surface area contributed by atoms with Gasteiger partial charge in [-0.15, -0.1) is 0 Å². The smallest absolute Gasteiger partial charge is 0.269 e. The molecular formula is C15H12ClN3O4. The van der Waals surface area contributed by atoms with E-state index in [0.29, 0.717) is 10.6 Å². The maximum Gasteiger partial charge on any atom is 0.269 e. The number of carbonyl (C=O) groups excluding carboxylic acids is 2. The molecule has 0 spiro atoms. The van der Waals surface area contributed by atoms with Crippen LogP contribution in [-0.2, 0) is 11.2 Å². The molecule has 0 aliphatic carbocycles. The van der Waals surface area contributed by atoms with E-state index in [9.17, 15) is 19.7 Å². The van der Waals surface area contributed by atoms with Gasteiger partial charge >= 0.3 is 0 Å². The second-order valence-electron chi connectivity index (χ2n) is 4.57. The highest BCUT2D eigenvalue weighted by Crippen LogP contribution is 2.15. The average molecular weight is 334 g/mol. The molecule has 23 heavy (non-hydrogen) atoms. The molecule has 0 radical (unpaired) electrons. The van der Waals surface area contributed by atoms with Gasteiger partial charge in [0, 0.05) is 22.7 Å². The zero-order valence-electron chi connectivity index (χ0n) is 11.8. The van der Waals surface area contributed by atoms with Gasteiger partial charge in [-0.3, -0.25) is 30.6 Å². The Kier molecular flexibility index (Phi) is 5.27. The predicted molar refractivity (Wildman–Crippen MR) is 83.9 cm³/mol. The van der Waals surface area contributed by atoms with Gasteiger partial charge < -0.3 is 0 Å². The Hall–Kier alpha value is -2.93. The second kappa shape index (κ2) is 7.37. The lowest BCUT2D eigenvalue weighted by molar-refractivity contribution is -0.384. The van der Waals surface area contributed by atoms with Crippen molar-refractivity contribution in [1.82, 2.24) is 10.9 Å². The van der Waals surface area contributed by atoms with Crippen LogP contribution in [0.1, 0.15) is 15.9 Å². The average Bonchev–Trinajstić information content (AvgIpc) is 2.55. The maximum atomic E-state index is 11.8. The van der Waals surface area contributed by atoms with Crippen LogP contribution in [0, 0.1) is 10.1 Å². The number of nitro benzene ring substituents is 1. The summed E-state index contributed by atoms with van der Waals surface area (Å²) in [6, 6.07) is 11.9. The van der Waals surface area contributed by atoms with Gasteiger partial charge in [-0.1, -0.05) is 29.8 Å². The molecule has 0 atom stereocenters. The van der Waals surface area contributed by atoms with Gasteiger partial charge in [0.1, 0.15) is 0 Å². The zero-order valence-corrected chi connectivity index (χ0v) is 12.5. The minimum absolute atomic E-state index is 0.0141. The first-order valence-corrected chi connectivity index (χ1v) is 6.92. The molecule has 0 aromatic heterocycles. The van der Waals surface area contributed by atoms with Gasteiger partial charge in [-0.05, 0) is 23.8 Å². The minimum Gasteiger partial charge on any atom is -0.273 e. The first kappa shape index (κ1) is 16.4. The van der Waals surface area contributed by atoms with E-state index in [4.69, 9.17) is 11.6 Å². The highest BCUT2D eigenvalue weighted by molar-refractivity contribution is 6.31. The molecule has 0 saturated heterocycles. The molecular weight excluding hydrogens is 322 g/mol. The van der Waals surface area contributed by atoms with Crippen LogP contribution in [0.3, 0.4) is 0 Å². The fourth-order valence-corrected chi connectivity index (χ4v) is 1.99. The first-order chi connectivity index (χ1) is 11.0. The SMILES string of the molecule is O=C(Cc1ccccc1Cl)NNC(=O)c1ccc([N+](=O)[O-])cc1. The Balaban J connectivity index is 1.90. The van der Waals surface area contributed by atoms with Gasteiger partial charge in [0.15, 0.2) is 0 Å². The van der Waals surface area contributed by atoms with Crippen LogP contribution in [0.2, 0.25) is 5.02 Å². The molecule has 8 heteroatoms. The van der Waals surface area contributed by atoms with Crippen LogP contribution in [0.15, 0.2) is 48.5 Å². The fraction of sp³-hybridized carbons (Fsp3) is 0.0667. The molecule has 2 aromatic carbocycles. The van der Waals surface area contributed by atoms with E-state index in [0.717, 1.165) is 0 Å². The Morgan fingerprint density at radius 1 is 1.04 bits per heavy atom. The Morgan fingerprint density at radius 2 is 1.70 bits per heavy atom. The lowest BCUT2D eigenvalue weighted by Gasteiger charge is -2.08. The normalized spacial score (nSPS) is 9.96. The summed E-state index contributed by atoms with van der Waals surface area (Å²) < 4.78 is 0. The van der Waals surface area contributed by atoms with Crippen molar-refractivity contribution in [2.24, 2.45) is 0 Å². The summed E-state index contributed by atoms with van der Waals surface area (Å²) >= 11 is 5.94. The summed E-state index contributed by atoms with van der Waals surface area (Å²) in [6.45, 7) is 0. The zero-order chi connectivity index (χ0) is 16.8. The number of benzene rings is 2. The van der Waals surface area contributed by atoms with E-state index < -0.39 is 16.7 Å². The van der Waals surface area contributed by atoms with Crippen molar-refractivity contribution in [3.05, 3.63) is 74.8 Å². The van der Waals surface area contributed by atoms with Crippen molar-refractivity contribution in [2.75, 3.05) is 0 Å². The van der Waals surface area contributed by atoms with Crippen molar-refractivity contribution in [1.29, 1.82) is 0 Å². The highest BCUT2D eigenvalue weighted by Gasteiger charge is 2.11. The highest BCUT2D eigenvalue weighted by atomic mass is 35.5. The summed E-state index contributed by atoms with van der Waals surface area (Å²) in [5, 5.41) is 11.0. The molecule has 2 rings (SSSR count). The van der Waals surface area contributed by atoms with Crippen molar-refractivity contribution in [3.63, 3.8) is 0 Å². The Bertz CT molecular complexity index is 747. The fourth-order valence-electron chi connectivity index (χ4n) is 1.79. The number of hydrogen-bond acceptors (Lipinski definition) is 4. The van der Waals surface area contributed by atoms with E-state index in [-0.39, 0.29) is 17.7 Å². The number of halogens is 1. The number of carbonyl (C=O) groups is 2. The molecule has 2 aromatic rings. The molecule has 7 nitrogen and oxygen atoms in total. The van der Waals surface area contributed by atoms with Gasteiger partial charge in [0.05, 0.1) is 11.3 Å². The minimum atomic E-state index is -0.576. The number of nitro groups is 1. The number of rotatable bonds is 4. The van der Waals surface area contributed by atoms with Crippen molar-refractivity contribution in [2.45, 2.75) is 6.42 Å². The van der Waals surface area contributed by atoms with Crippen molar-refractivity contribution in [3.8, 4) is 0 Å². The van der Waals surface area contributed by atoms with Crippen LogP contribution < -0.4 is 10.9 Å². The third kappa shape index (κ3) is 4.52. The Morgan fingerprint density at radius 3 is 2.30 bits per heavy atom. The standard InChI is InChI=1S/C15H12ClN3O4/c16-13-4-2-1-3-11(13)9-14(20)17-18-15(21)10-5-7-12(8-6-10)19(22)23/h1-8H,9H2,(H,17,20)(H,18,21). The van der Waals surface area contributed by atoms with E-state index >= 15 is 0 Å². The summed E-state index contributed by atoms with van der Waals surface area (Å²) in [5.74, 6) is -1.01. The van der Waals surface area contributed by atoms with Crippen molar-refractivity contribution < 1.29 is 14.5 Å². The van der Waals surface area contributed by atoms with Crippen LogP contribution >= 0.6 is 11.6 Å². The molecule has 0 unspecified atom stereocenters. The summed E-state index contributed by atoms with van der Waals surface area (Å²) in [5.41, 5.74) is 5.20. The molecule has 2 amide bonds.